The van der Waals surface area contributed by atoms with E-state index in [2.05, 4.69) is 46.2 Å². The van der Waals surface area contributed by atoms with Crippen molar-refractivity contribution in [3.05, 3.63) is 82.8 Å². The maximum absolute atomic E-state index is 12.7. The van der Waals surface area contributed by atoms with Crippen LogP contribution in [0.15, 0.2) is 54.6 Å². The minimum Gasteiger partial charge on any atom is -0.347 e. The molecule has 1 aromatic heterocycles. The number of amides is 1. The molecule has 0 saturated heterocycles. The first-order valence-corrected chi connectivity index (χ1v) is 9.50. The molecule has 5 heteroatoms. The van der Waals surface area contributed by atoms with E-state index < -0.39 is 0 Å². The first-order chi connectivity index (χ1) is 13.5. The third-order valence-corrected chi connectivity index (χ3v) is 4.54. The highest BCUT2D eigenvalue weighted by atomic mass is 16.1. The Morgan fingerprint density at radius 3 is 2.39 bits per heavy atom. The number of hydrogen-bond acceptors (Lipinski definition) is 4. The van der Waals surface area contributed by atoms with Crippen LogP contribution in [0.1, 0.15) is 39.9 Å². The van der Waals surface area contributed by atoms with Crippen LogP contribution >= 0.6 is 0 Å². The SMILES string of the molecule is CCN(c1cccc(C)c1)c1cc(C(=O)NCc2ccc(C)cc2)nc(C)n1. The first kappa shape index (κ1) is 19.5. The molecule has 0 unspecified atom stereocenters. The van der Waals surface area contributed by atoms with Gasteiger partial charge in [-0.1, -0.05) is 42.0 Å². The molecule has 3 rings (SSSR count). The van der Waals surface area contributed by atoms with E-state index in [0.29, 0.717) is 18.1 Å². The lowest BCUT2D eigenvalue weighted by atomic mass is 10.1. The van der Waals surface area contributed by atoms with E-state index in [4.69, 9.17) is 0 Å². The van der Waals surface area contributed by atoms with E-state index in [1.165, 1.54) is 11.1 Å². The molecule has 3 aromatic rings. The lowest BCUT2D eigenvalue weighted by Crippen LogP contribution is -2.25. The highest BCUT2D eigenvalue weighted by Gasteiger charge is 2.15. The number of aryl methyl sites for hydroxylation is 3. The average molecular weight is 374 g/mol. The zero-order valence-corrected chi connectivity index (χ0v) is 16.9. The molecule has 2 aromatic carbocycles. The van der Waals surface area contributed by atoms with Crippen molar-refractivity contribution in [3.63, 3.8) is 0 Å². The number of anilines is 2. The van der Waals surface area contributed by atoms with Crippen LogP contribution in [0.2, 0.25) is 0 Å². The Kier molecular flexibility index (Phi) is 6.04. The van der Waals surface area contributed by atoms with Crippen molar-refractivity contribution in [2.75, 3.05) is 11.4 Å². The van der Waals surface area contributed by atoms with Crippen molar-refractivity contribution in [1.29, 1.82) is 0 Å². The summed E-state index contributed by atoms with van der Waals surface area (Å²) in [5.41, 5.74) is 4.85. The third kappa shape index (κ3) is 4.74. The van der Waals surface area contributed by atoms with Gasteiger partial charge >= 0.3 is 0 Å². The van der Waals surface area contributed by atoms with Crippen molar-refractivity contribution < 1.29 is 4.79 Å². The number of aromatic nitrogens is 2. The fourth-order valence-corrected chi connectivity index (χ4v) is 3.06. The van der Waals surface area contributed by atoms with Crippen LogP contribution in [0, 0.1) is 20.8 Å². The van der Waals surface area contributed by atoms with Crippen molar-refractivity contribution in [1.82, 2.24) is 15.3 Å². The number of nitrogens with zero attached hydrogens (tertiary/aromatic N) is 3. The minimum absolute atomic E-state index is 0.201. The van der Waals surface area contributed by atoms with Gasteiger partial charge in [-0.3, -0.25) is 4.79 Å². The van der Waals surface area contributed by atoms with E-state index >= 15 is 0 Å². The predicted molar refractivity (Wildman–Crippen MR) is 113 cm³/mol. The maximum Gasteiger partial charge on any atom is 0.270 e. The number of hydrogen-bond donors (Lipinski definition) is 1. The number of carbonyl (C=O) groups excluding carboxylic acids is 1. The summed E-state index contributed by atoms with van der Waals surface area (Å²) in [5.74, 6) is 1.10. The molecule has 0 fully saturated rings. The summed E-state index contributed by atoms with van der Waals surface area (Å²) in [4.78, 5) is 23.6. The average Bonchev–Trinajstić information content (AvgIpc) is 2.67. The van der Waals surface area contributed by atoms with Crippen LogP contribution in [0.5, 0.6) is 0 Å². The van der Waals surface area contributed by atoms with Gasteiger partial charge in [0.25, 0.3) is 5.91 Å². The monoisotopic (exact) mass is 374 g/mol. The van der Waals surface area contributed by atoms with Gasteiger partial charge in [0, 0.05) is 24.8 Å². The highest BCUT2D eigenvalue weighted by molar-refractivity contribution is 5.93. The summed E-state index contributed by atoms with van der Waals surface area (Å²) in [6.07, 6.45) is 0. The molecule has 0 saturated carbocycles. The summed E-state index contributed by atoms with van der Waals surface area (Å²) >= 11 is 0. The van der Waals surface area contributed by atoms with E-state index in [9.17, 15) is 4.79 Å². The van der Waals surface area contributed by atoms with Gasteiger partial charge in [0.15, 0.2) is 0 Å². The van der Waals surface area contributed by atoms with Gasteiger partial charge < -0.3 is 10.2 Å². The topological polar surface area (TPSA) is 58.1 Å². The van der Waals surface area contributed by atoms with Gasteiger partial charge in [0.1, 0.15) is 17.3 Å². The van der Waals surface area contributed by atoms with Crippen molar-refractivity contribution in [2.45, 2.75) is 34.2 Å². The van der Waals surface area contributed by atoms with Gasteiger partial charge in [-0.2, -0.15) is 0 Å². The summed E-state index contributed by atoms with van der Waals surface area (Å²) in [6.45, 7) is 9.19. The molecular formula is C23H26N4O. The van der Waals surface area contributed by atoms with Crippen molar-refractivity contribution in [3.8, 4) is 0 Å². The number of nitrogens with one attached hydrogen (secondary N) is 1. The highest BCUT2D eigenvalue weighted by Crippen LogP contribution is 2.24. The molecule has 5 nitrogen and oxygen atoms in total. The molecule has 0 spiro atoms. The summed E-state index contributed by atoms with van der Waals surface area (Å²) in [6, 6.07) is 18.1. The molecule has 0 atom stereocenters. The fourth-order valence-electron chi connectivity index (χ4n) is 3.06. The molecule has 1 amide bonds. The fraction of sp³-hybridized carbons (Fsp3) is 0.261. The lowest BCUT2D eigenvalue weighted by Gasteiger charge is -2.23. The molecule has 0 bridgehead atoms. The Morgan fingerprint density at radius 2 is 1.71 bits per heavy atom. The second kappa shape index (κ2) is 8.65. The Morgan fingerprint density at radius 1 is 0.964 bits per heavy atom. The van der Waals surface area contributed by atoms with Crippen molar-refractivity contribution in [2.24, 2.45) is 0 Å². The Hall–Kier alpha value is -3.21. The normalized spacial score (nSPS) is 10.6. The zero-order chi connectivity index (χ0) is 20.1. The second-order valence-electron chi connectivity index (χ2n) is 6.91. The van der Waals surface area contributed by atoms with Crippen LogP contribution in [0.25, 0.3) is 0 Å². The van der Waals surface area contributed by atoms with Crippen molar-refractivity contribution >= 4 is 17.4 Å². The van der Waals surface area contributed by atoms with Crippen LogP contribution in [-0.2, 0) is 6.54 Å². The largest absolute Gasteiger partial charge is 0.347 e. The summed E-state index contributed by atoms with van der Waals surface area (Å²) in [7, 11) is 0. The van der Waals surface area contributed by atoms with Crippen LogP contribution in [-0.4, -0.2) is 22.4 Å². The van der Waals surface area contributed by atoms with E-state index in [-0.39, 0.29) is 5.91 Å². The summed E-state index contributed by atoms with van der Waals surface area (Å²) < 4.78 is 0. The molecular weight excluding hydrogens is 348 g/mol. The molecule has 0 aliphatic rings. The molecule has 0 aliphatic carbocycles. The van der Waals surface area contributed by atoms with Gasteiger partial charge in [-0.25, -0.2) is 9.97 Å². The molecule has 0 radical (unpaired) electrons. The minimum atomic E-state index is -0.201. The molecule has 0 aliphatic heterocycles. The van der Waals surface area contributed by atoms with Gasteiger partial charge in [0.2, 0.25) is 0 Å². The molecule has 1 N–H and O–H groups in total. The van der Waals surface area contributed by atoms with Crippen LogP contribution in [0.3, 0.4) is 0 Å². The maximum atomic E-state index is 12.7. The Balaban J connectivity index is 1.81. The predicted octanol–water partition coefficient (Wildman–Crippen LogP) is 4.49. The zero-order valence-electron chi connectivity index (χ0n) is 16.9. The first-order valence-electron chi connectivity index (χ1n) is 9.50. The molecule has 28 heavy (non-hydrogen) atoms. The number of benzene rings is 2. The van der Waals surface area contributed by atoms with Gasteiger partial charge in [-0.15, -0.1) is 0 Å². The summed E-state index contributed by atoms with van der Waals surface area (Å²) in [5, 5.41) is 2.95. The Bertz CT molecular complexity index is 967. The van der Waals surface area contributed by atoms with E-state index in [1.807, 2.05) is 50.2 Å². The number of rotatable bonds is 6. The lowest BCUT2D eigenvalue weighted by molar-refractivity contribution is 0.0945. The molecule has 144 valence electrons. The quantitative estimate of drug-likeness (QED) is 0.691. The van der Waals surface area contributed by atoms with Crippen LogP contribution < -0.4 is 10.2 Å². The van der Waals surface area contributed by atoms with E-state index in [1.54, 1.807) is 6.07 Å². The number of carbonyl (C=O) groups is 1. The van der Waals surface area contributed by atoms with E-state index in [0.717, 1.165) is 23.6 Å². The van der Waals surface area contributed by atoms with Gasteiger partial charge in [0.05, 0.1) is 0 Å². The molecule has 1 heterocycles. The smallest absolute Gasteiger partial charge is 0.270 e. The standard InChI is InChI=1S/C23H26N4O/c1-5-27(20-8-6-7-17(3)13-20)22-14-21(25-18(4)26-22)23(28)24-15-19-11-9-16(2)10-12-19/h6-14H,5,15H2,1-4H3,(H,24,28). The van der Waals surface area contributed by atoms with Gasteiger partial charge in [-0.05, 0) is 51.0 Å². The Labute approximate surface area is 166 Å². The van der Waals surface area contributed by atoms with Crippen LogP contribution in [0.4, 0.5) is 11.5 Å². The second-order valence-corrected chi connectivity index (χ2v) is 6.91. The third-order valence-electron chi connectivity index (χ3n) is 4.54.